The highest BCUT2D eigenvalue weighted by Gasteiger charge is 2.34. The molecule has 0 fully saturated rings. The summed E-state index contributed by atoms with van der Waals surface area (Å²) in [6.45, 7) is 12.0. The number of hydrogen-bond donors (Lipinski definition) is 3. The molecule has 0 saturated carbocycles. The van der Waals surface area contributed by atoms with Crippen molar-refractivity contribution in [2.24, 2.45) is 0 Å². The summed E-state index contributed by atoms with van der Waals surface area (Å²) in [5.41, 5.74) is 4.13. The molecule has 0 bridgehead atoms. The van der Waals surface area contributed by atoms with Gasteiger partial charge in [-0.1, -0.05) is 64.2 Å². The number of nitrogens with one attached hydrogen (secondary N) is 2. The summed E-state index contributed by atoms with van der Waals surface area (Å²) in [5, 5.41) is 14.7. The second-order valence-corrected chi connectivity index (χ2v) is 13.7. The molecule has 0 aromatic heterocycles. The molecular formula is C22H32N2O4Si. The molecule has 0 aliphatic heterocycles. The topological polar surface area (TPSA) is 95.5 Å². The minimum Gasteiger partial charge on any atom is -0.480 e. The van der Waals surface area contributed by atoms with Crippen molar-refractivity contribution < 1.29 is 19.5 Å². The number of hydrogen-bond acceptors (Lipinski definition) is 3. The van der Waals surface area contributed by atoms with Crippen molar-refractivity contribution in [3.05, 3.63) is 35.9 Å². The number of rotatable bonds is 7. The lowest BCUT2D eigenvalue weighted by Gasteiger charge is -2.31. The summed E-state index contributed by atoms with van der Waals surface area (Å²) in [6, 6.07) is 7.25. The van der Waals surface area contributed by atoms with Crippen molar-refractivity contribution in [2.45, 2.75) is 70.8 Å². The van der Waals surface area contributed by atoms with Crippen LogP contribution in [0.2, 0.25) is 18.1 Å². The Morgan fingerprint density at radius 1 is 1.07 bits per heavy atom. The van der Waals surface area contributed by atoms with Crippen LogP contribution in [0.3, 0.4) is 0 Å². The Hall–Kier alpha value is -2.59. The molecule has 0 heterocycles. The molecule has 158 valence electrons. The number of carbonyl (C=O) groups is 3. The molecule has 1 rings (SSSR count). The van der Waals surface area contributed by atoms with Crippen LogP contribution < -0.4 is 10.6 Å². The molecule has 3 N–H and O–H groups in total. The van der Waals surface area contributed by atoms with Crippen molar-refractivity contribution in [3.63, 3.8) is 0 Å². The van der Waals surface area contributed by atoms with E-state index in [0.717, 1.165) is 5.56 Å². The quantitative estimate of drug-likeness (QED) is 0.470. The van der Waals surface area contributed by atoms with Gasteiger partial charge in [0.2, 0.25) is 11.8 Å². The molecule has 0 unspecified atom stereocenters. The van der Waals surface area contributed by atoms with E-state index >= 15 is 0 Å². The zero-order valence-corrected chi connectivity index (χ0v) is 19.1. The Morgan fingerprint density at radius 3 is 2.14 bits per heavy atom. The molecule has 0 saturated heterocycles. The van der Waals surface area contributed by atoms with Crippen LogP contribution in [0, 0.1) is 11.5 Å². The maximum Gasteiger partial charge on any atom is 0.327 e. The average molecular weight is 417 g/mol. The van der Waals surface area contributed by atoms with E-state index in [1.165, 1.54) is 6.92 Å². The van der Waals surface area contributed by atoms with Gasteiger partial charge >= 0.3 is 5.97 Å². The third-order valence-electron chi connectivity index (χ3n) is 5.17. The molecule has 7 heteroatoms. The molecule has 29 heavy (non-hydrogen) atoms. The van der Waals surface area contributed by atoms with Gasteiger partial charge < -0.3 is 15.7 Å². The third kappa shape index (κ3) is 8.12. The number of carbonyl (C=O) groups excluding carboxylic acids is 2. The van der Waals surface area contributed by atoms with Gasteiger partial charge in [-0.3, -0.25) is 9.59 Å². The smallest absolute Gasteiger partial charge is 0.327 e. The molecule has 6 nitrogen and oxygen atoms in total. The maximum absolute atomic E-state index is 12.7. The van der Waals surface area contributed by atoms with Crippen molar-refractivity contribution in [3.8, 4) is 11.5 Å². The van der Waals surface area contributed by atoms with Gasteiger partial charge in [0.25, 0.3) is 0 Å². The standard InChI is InChI=1S/C22H32N2O4Si/c1-16(25)23-19(15-17-11-8-7-9-12-17)20(26)24-18(21(27)28)13-10-14-29(5,6)22(2,3)4/h7-9,11-12,18-19H,13,15H2,1-6H3,(H,23,25)(H,24,26)(H,27,28)/t18-,19-/m0/s1. The minimum absolute atomic E-state index is 0.0196. The fraction of sp³-hybridized carbons (Fsp3) is 0.500. The molecule has 1 aromatic rings. The van der Waals surface area contributed by atoms with Crippen molar-refractivity contribution >= 4 is 25.9 Å². The molecular weight excluding hydrogens is 384 g/mol. The molecule has 2 amide bonds. The summed E-state index contributed by atoms with van der Waals surface area (Å²) < 4.78 is 0. The minimum atomic E-state index is -1.86. The number of carboxylic acid groups (broad SMARTS) is 1. The zero-order chi connectivity index (χ0) is 22.2. The van der Waals surface area contributed by atoms with Gasteiger partial charge in [-0.05, 0) is 10.6 Å². The first-order valence-corrected chi connectivity index (χ1v) is 12.7. The molecule has 0 radical (unpaired) electrons. The molecule has 0 aliphatic carbocycles. The van der Waals surface area contributed by atoms with Crippen molar-refractivity contribution in [1.82, 2.24) is 10.6 Å². The number of aliphatic carboxylic acids is 1. The number of amides is 2. The van der Waals surface area contributed by atoms with E-state index in [9.17, 15) is 19.5 Å². The van der Waals surface area contributed by atoms with Crippen LogP contribution >= 0.6 is 0 Å². The molecule has 0 aliphatic rings. The highest BCUT2D eigenvalue weighted by atomic mass is 28.3. The first-order chi connectivity index (χ1) is 13.3. The number of carboxylic acids is 1. The summed E-state index contributed by atoms with van der Waals surface area (Å²) in [6.07, 6.45) is 0.292. The zero-order valence-electron chi connectivity index (χ0n) is 18.1. The van der Waals surface area contributed by atoms with Crippen molar-refractivity contribution in [1.29, 1.82) is 0 Å². The van der Waals surface area contributed by atoms with Gasteiger partial charge in [-0.25, -0.2) is 4.79 Å². The van der Waals surface area contributed by atoms with Crippen molar-refractivity contribution in [2.75, 3.05) is 0 Å². The highest BCUT2D eigenvalue weighted by molar-refractivity contribution is 6.87. The SMILES string of the molecule is CC(=O)N[C@@H](Cc1ccccc1)C(=O)N[C@@H](CC#C[Si](C)(C)C(C)(C)C)C(=O)O. The largest absolute Gasteiger partial charge is 0.480 e. The van der Waals surface area contributed by atoms with Crippen LogP contribution in [0.25, 0.3) is 0 Å². The van der Waals surface area contributed by atoms with E-state index in [2.05, 4.69) is 56.0 Å². The van der Waals surface area contributed by atoms with E-state index in [0.29, 0.717) is 0 Å². The van der Waals surface area contributed by atoms with Gasteiger partial charge in [0.05, 0.1) is 0 Å². The summed E-state index contributed by atoms with van der Waals surface area (Å²) in [4.78, 5) is 35.8. The second-order valence-electron chi connectivity index (χ2n) is 8.72. The fourth-order valence-electron chi connectivity index (χ4n) is 2.34. The van der Waals surface area contributed by atoms with Gasteiger partial charge in [0, 0.05) is 19.8 Å². The summed E-state index contributed by atoms with van der Waals surface area (Å²) >= 11 is 0. The van der Waals surface area contributed by atoms with Gasteiger partial charge in [0.1, 0.15) is 20.2 Å². The molecule has 0 spiro atoms. The Labute approximate surface area is 174 Å². The fourth-order valence-corrected chi connectivity index (χ4v) is 3.26. The van der Waals surface area contributed by atoms with E-state index in [4.69, 9.17) is 0 Å². The van der Waals surface area contributed by atoms with Crippen LogP contribution in [0.4, 0.5) is 0 Å². The van der Waals surface area contributed by atoms with Crippen LogP contribution in [0.1, 0.15) is 39.7 Å². The molecule has 1 aromatic carbocycles. The Bertz CT molecular complexity index is 789. The lowest BCUT2D eigenvalue weighted by Crippen LogP contribution is -2.52. The van der Waals surface area contributed by atoms with Crippen LogP contribution in [0.15, 0.2) is 30.3 Å². The lowest BCUT2D eigenvalue weighted by atomic mass is 10.0. The normalized spacial score (nSPS) is 13.4. The monoisotopic (exact) mass is 416 g/mol. The predicted molar refractivity (Wildman–Crippen MR) is 117 cm³/mol. The first-order valence-electron chi connectivity index (χ1n) is 9.67. The predicted octanol–water partition coefficient (Wildman–Crippen LogP) is 2.74. The number of benzene rings is 1. The molecule has 2 atom stereocenters. The average Bonchev–Trinajstić information content (AvgIpc) is 2.59. The van der Waals surface area contributed by atoms with Crippen LogP contribution in [0.5, 0.6) is 0 Å². The van der Waals surface area contributed by atoms with Crippen LogP contribution in [-0.4, -0.2) is 43.0 Å². The van der Waals surface area contributed by atoms with E-state index < -0.39 is 32.0 Å². The lowest BCUT2D eigenvalue weighted by molar-refractivity contribution is -0.142. The summed E-state index contributed by atoms with van der Waals surface area (Å²) in [5.74, 6) is 0.936. The Morgan fingerprint density at radius 2 is 1.66 bits per heavy atom. The van der Waals surface area contributed by atoms with Gasteiger partial charge in [-0.15, -0.1) is 11.5 Å². The maximum atomic E-state index is 12.7. The summed E-state index contributed by atoms with van der Waals surface area (Å²) in [7, 11) is -1.86. The first kappa shape index (κ1) is 24.4. The van der Waals surface area contributed by atoms with E-state index in [1.807, 2.05) is 30.3 Å². The van der Waals surface area contributed by atoms with E-state index in [-0.39, 0.29) is 23.8 Å². The third-order valence-corrected chi connectivity index (χ3v) is 9.73. The van der Waals surface area contributed by atoms with Gasteiger partial charge in [0.15, 0.2) is 0 Å². The second kappa shape index (κ2) is 10.3. The van der Waals surface area contributed by atoms with E-state index in [1.54, 1.807) is 0 Å². The van der Waals surface area contributed by atoms with Crippen LogP contribution in [-0.2, 0) is 20.8 Å². The Kier molecular flexibility index (Phi) is 8.65. The van der Waals surface area contributed by atoms with Gasteiger partial charge in [-0.2, -0.15) is 0 Å². The highest BCUT2D eigenvalue weighted by Crippen LogP contribution is 2.35. The Balaban J connectivity index is 2.90.